The maximum atomic E-state index is 11.3. The average molecular weight is 209 g/mol. The van der Waals surface area contributed by atoms with Crippen LogP contribution in [0.15, 0.2) is 0 Å². The third-order valence-electron chi connectivity index (χ3n) is 2.57. The van der Waals surface area contributed by atoms with Crippen molar-refractivity contribution in [2.45, 2.75) is 38.6 Å². The summed E-state index contributed by atoms with van der Waals surface area (Å²) in [6, 6.07) is 2.78. The fourth-order valence-corrected chi connectivity index (χ4v) is 1.64. The minimum Gasteiger partial charge on any atom is -0.356 e. The maximum absolute atomic E-state index is 11.3. The highest BCUT2D eigenvalue weighted by atomic mass is 16.1. The monoisotopic (exact) mass is 209 g/mol. The number of carbonyl (C=O) groups is 1. The smallest absolute Gasteiger partial charge is 0.221 e. The van der Waals surface area contributed by atoms with E-state index in [9.17, 15) is 4.79 Å². The lowest BCUT2D eigenvalue weighted by Crippen LogP contribution is -2.32. The molecule has 1 amide bonds. The molecule has 84 valence electrons. The first-order valence-corrected chi connectivity index (χ1v) is 5.65. The number of nitrogens with one attached hydrogen (secondary N) is 1. The lowest BCUT2D eigenvalue weighted by atomic mass is 10.3. The molecule has 1 aliphatic rings. The van der Waals surface area contributed by atoms with Crippen LogP contribution in [-0.4, -0.2) is 36.5 Å². The summed E-state index contributed by atoms with van der Waals surface area (Å²) < 4.78 is 0. The molecule has 0 unspecified atom stereocenters. The highest BCUT2D eigenvalue weighted by Gasteiger charge is 2.28. The van der Waals surface area contributed by atoms with E-state index in [1.807, 2.05) is 6.92 Å². The van der Waals surface area contributed by atoms with Crippen LogP contribution in [0, 0.1) is 11.3 Å². The Kier molecular flexibility index (Phi) is 5.13. The molecule has 1 rings (SSSR count). The van der Waals surface area contributed by atoms with Crippen LogP contribution in [0.25, 0.3) is 0 Å². The number of hydrogen-bond donors (Lipinski definition) is 1. The van der Waals surface area contributed by atoms with Gasteiger partial charge in [-0.15, -0.1) is 0 Å². The van der Waals surface area contributed by atoms with E-state index in [0.29, 0.717) is 25.4 Å². The van der Waals surface area contributed by atoms with Gasteiger partial charge in [-0.2, -0.15) is 5.26 Å². The van der Waals surface area contributed by atoms with Crippen molar-refractivity contribution in [3.63, 3.8) is 0 Å². The van der Waals surface area contributed by atoms with Crippen molar-refractivity contribution in [3.8, 4) is 6.07 Å². The molecule has 0 radical (unpaired) electrons. The summed E-state index contributed by atoms with van der Waals surface area (Å²) in [5.74, 6) is 0.111. The van der Waals surface area contributed by atoms with E-state index in [-0.39, 0.29) is 5.91 Å². The zero-order chi connectivity index (χ0) is 11.1. The quantitative estimate of drug-likeness (QED) is 0.677. The molecule has 4 nitrogen and oxygen atoms in total. The summed E-state index contributed by atoms with van der Waals surface area (Å²) in [5.41, 5.74) is 0. The van der Waals surface area contributed by atoms with Crippen LogP contribution >= 0.6 is 0 Å². The van der Waals surface area contributed by atoms with Crippen molar-refractivity contribution >= 4 is 5.91 Å². The Morgan fingerprint density at radius 2 is 2.27 bits per heavy atom. The minimum absolute atomic E-state index is 0.111. The SMILES string of the molecule is CCNC(=O)CCN(CCC#N)C1CC1. The molecule has 15 heavy (non-hydrogen) atoms. The van der Waals surface area contributed by atoms with E-state index in [4.69, 9.17) is 5.26 Å². The van der Waals surface area contributed by atoms with Gasteiger partial charge in [-0.1, -0.05) is 0 Å². The zero-order valence-corrected chi connectivity index (χ0v) is 9.33. The highest BCUT2D eigenvalue weighted by Crippen LogP contribution is 2.26. The van der Waals surface area contributed by atoms with Gasteiger partial charge in [-0.3, -0.25) is 9.69 Å². The molecule has 4 heteroatoms. The molecule has 0 bridgehead atoms. The molecule has 1 N–H and O–H groups in total. The Morgan fingerprint density at radius 3 is 2.80 bits per heavy atom. The van der Waals surface area contributed by atoms with Crippen LogP contribution in [0.2, 0.25) is 0 Å². The third-order valence-corrected chi connectivity index (χ3v) is 2.57. The second-order valence-corrected chi connectivity index (χ2v) is 3.88. The Balaban J connectivity index is 2.19. The van der Waals surface area contributed by atoms with Crippen LogP contribution < -0.4 is 5.32 Å². The third kappa shape index (κ3) is 4.80. The first kappa shape index (κ1) is 12.0. The van der Waals surface area contributed by atoms with Crippen LogP contribution in [0.3, 0.4) is 0 Å². The largest absolute Gasteiger partial charge is 0.356 e. The van der Waals surface area contributed by atoms with Gasteiger partial charge < -0.3 is 5.32 Å². The topological polar surface area (TPSA) is 56.1 Å². The predicted octanol–water partition coefficient (Wildman–Crippen LogP) is 0.891. The molecule has 0 heterocycles. The van der Waals surface area contributed by atoms with Gasteiger partial charge in [0.2, 0.25) is 5.91 Å². The molecular formula is C11H19N3O. The summed E-state index contributed by atoms with van der Waals surface area (Å²) in [7, 11) is 0. The van der Waals surface area contributed by atoms with E-state index >= 15 is 0 Å². The van der Waals surface area contributed by atoms with Gasteiger partial charge in [0, 0.05) is 38.5 Å². The number of nitrogens with zero attached hydrogens (tertiary/aromatic N) is 2. The number of amides is 1. The number of rotatable bonds is 7. The highest BCUT2D eigenvalue weighted by molar-refractivity contribution is 5.75. The predicted molar refractivity (Wildman–Crippen MR) is 58.1 cm³/mol. The lowest BCUT2D eigenvalue weighted by molar-refractivity contribution is -0.121. The van der Waals surface area contributed by atoms with Crippen molar-refractivity contribution in [2.24, 2.45) is 0 Å². The molecule has 1 aliphatic carbocycles. The number of carbonyl (C=O) groups excluding carboxylic acids is 1. The minimum atomic E-state index is 0.111. The van der Waals surface area contributed by atoms with Crippen molar-refractivity contribution in [1.29, 1.82) is 5.26 Å². The van der Waals surface area contributed by atoms with Crippen molar-refractivity contribution in [1.82, 2.24) is 10.2 Å². The lowest BCUT2D eigenvalue weighted by Gasteiger charge is -2.19. The summed E-state index contributed by atoms with van der Waals surface area (Å²) in [5, 5.41) is 11.3. The van der Waals surface area contributed by atoms with Gasteiger partial charge >= 0.3 is 0 Å². The Labute approximate surface area is 91.2 Å². The molecule has 0 spiro atoms. The molecule has 1 fully saturated rings. The number of nitriles is 1. The molecule has 0 aromatic rings. The van der Waals surface area contributed by atoms with Crippen LogP contribution in [0.4, 0.5) is 0 Å². The summed E-state index contributed by atoms with van der Waals surface area (Å²) in [6.07, 6.45) is 3.56. The normalized spacial score (nSPS) is 15.0. The van der Waals surface area contributed by atoms with Gasteiger partial charge in [0.05, 0.1) is 6.07 Å². The van der Waals surface area contributed by atoms with Crippen molar-refractivity contribution in [2.75, 3.05) is 19.6 Å². The van der Waals surface area contributed by atoms with E-state index in [0.717, 1.165) is 13.1 Å². The zero-order valence-electron chi connectivity index (χ0n) is 9.33. The Morgan fingerprint density at radius 1 is 1.53 bits per heavy atom. The van der Waals surface area contributed by atoms with E-state index in [1.54, 1.807) is 0 Å². The van der Waals surface area contributed by atoms with Crippen LogP contribution in [0.1, 0.15) is 32.6 Å². The van der Waals surface area contributed by atoms with E-state index in [2.05, 4.69) is 16.3 Å². The molecule has 0 aromatic heterocycles. The van der Waals surface area contributed by atoms with Gasteiger partial charge in [-0.05, 0) is 19.8 Å². The molecule has 0 aliphatic heterocycles. The molecule has 1 saturated carbocycles. The summed E-state index contributed by atoms with van der Waals surface area (Å²) >= 11 is 0. The summed E-state index contributed by atoms with van der Waals surface area (Å²) in [6.45, 7) is 4.21. The summed E-state index contributed by atoms with van der Waals surface area (Å²) in [4.78, 5) is 13.5. The van der Waals surface area contributed by atoms with Crippen molar-refractivity contribution < 1.29 is 4.79 Å². The van der Waals surface area contributed by atoms with E-state index in [1.165, 1.54) is 12.8 Å². The molecule has 0 saturated heterocycles. The fourth-order valence-electron chi connectivity index (χ4n) is 1.64. The van der Waals surface area contributed by atoms with Crippen molar-refractivity contribution in [3.05, 3.63) is 0 Å². The number of hydrogen-bond acceptors (Lipinski definition) is 3. The van der Waals surface area contributed by atoms with Gasteiger partial charge in [0.1, 0.15) is 0 Å². The van der Waals surface area contributed by atoms with Crippen LogP contribution in [-0.2, 0) is 4.79 Å². The Bertz CT molecular complexity index is 243. The average Bonchev–Trinajstić information content (AvgIpc) is 3.02. The maximum Gasteiger partial charge on any atom is 0.221 e. The second-order valence-electron chi connectivity index (χ2n) is 3.88. The standard InChI is InChI=1S/C11H19N3O/c1-2-13-11(15)6-9-14(8-3-7-12)10-4-5-10/h10H,2-6,8-9H2,1H3,(H,13,15). The Hall–Kier alpha value is -1.08. The molecular weight excluding hydrogens is 190 g/mol. The van der Waals surface area contributed by atoms with Gasteiger partial charge in [-0.25, -0.2) is 0 Å². The van der Waals surface area contributed by atoms with Gasteiger partial charge in [0.25, 0.3) is 0 Å². The van der Waals surface area contributed by atoms with Gasteiger partial charge in [0.15, 0.2) is 0 Å². The van der Waals surface area contributed by atoms with E-state index < -0.39 is 0 Å². The first-order chi connectivity index (χ1) is 7.27. The fraction of sp³-hybridized carbons (Fsp3) is 0.818. The molecule has 0 atom stereocenters. The van der Waals surface area contributed by atoms with Crippen LogP contribution in [0.5, 0.6) is 0 Å². The first-order valence-electron chi connectivity index (χ1n) is 5.65. The second kappa shape index (κ2) is 6.41. The molecule has 0 aromatic carbocycles.